The van der Waals surface area contributed by atoms with Crippen LogP contribution in [0.15, 0.2) is 4.52 Å². The van der Waals surface area contributed by atoms with E-state index in [9.17, 15) is 0 Å². The van der Waals surface area contributed by atoms with Gasteiger partial charge in [-0.3, -0.25) is 4.90 Å². The molecule has 1 saturated heterocycles. The number of rotatable bonds is 3. The summed E-state index contributed by atoms with van der Waals surface area (Å²) < 4.78 is 5.49. The topological polar surface area (TPSA) is 54.2 Å². The van der Waals surface area contributed by atoms with Gasteiger partial charge < -0.3 is 9.84 Å². The fourth-order valence-corrected chi connectivity index (χ4v) is 3.41. The van der Waals surface area contributed by atoms with E-state index in [1.54, 1.807) is 0 Å². The van der Waals surface area contributed by atoms with Crippen molar-refractivity contribution in [1.29, 1.82) is 0 Å². The molecule has 1 saturated carbocycles. The molecule has 1 aromatic rings. The lowest BCUT2D eigenvalue weighted by molar-refractivity contribution is 0.217. The van der Waals surface area contributed by atoms with Crippen molar-refractivity contribution in [3.63, 3.8) is 0 Å². The zero-order chi connectivity index (χ0) is 14.7. The molecule has 0 bridgehead atoms. The Bertz CT molecular complexity index is 439. The second-order valence-corrected chi connectivity index (χ2v) is 7.36. The Labute approximate surface area is 127 Å². The molecule has 0 spiro atoms. The number of hydrogen-bond acceptors (Lipinski definition) is 5. The number of hydrogen-bond donors (Lipinski definition) is 1. The van der Waals surface area contributed by atoms with E-state index in [-0.39, 0.29) is 0 Å². The molecule has 118 valence electrons. The summed E-state index contributed by atoms with van der Waals surface area (Å²) in [4.78, 5) is 7.07. The van der Waals surface area contributed by atoms with Gasteiger partial charge in [0.1, 0.15) is 0 Å². The lowest BCUT2D eigenvalue weighted by Crippen LogP contribution is -2.27. The molecule has 2 fully saturated rings. The van der Waals surface area contributed by atoms with E-state index in [4.69, 9.17) is 4.52 Å². The molecule has 0 atom stereocenters. The fraction of sp³-hybridized carbons (Fsp3) is 0.875. The van der Waals surface area contributed by atoms with E-state index >= 15 is 0 Å². The van der Waals surface area contributed by atoms with Gasteiger partial charge in [0.2, 0.25) is 5.89 Å². The van der Waals surface area contributed by atoms with Crippen LogP contribution in [0.2, 0.25) is 0 Å². The summed E-state index contributed by atoms with van der Waals surface area (Å²) >= 11 is 0. The van der Waals surface area contributed by atoms with Crippen molar-refractivity contribution in [3.05, 3.63) is 11.7 Å². The van der Waals surface area contributed by atoms with Crippen LogP contribution in [0.3, 0.4) is 0 Å². The van der Waals surface area contributed by atoms with Gasteiger partial charge in [-0.1, -0.05) is 19.0 Å². The van der Waals surface area contributed by atoms with E-state index < -0.39 is 0 Å². The molecule has 3 rings (SSSR count). The maximum absolute atomic E-state index is 5.49. The van der Waals surface area contributed by atoms with Crippen LogP contribution >= 0.6 is 0 Å². The molecular weight excluding hydrogens is 264 g/mol. The summed E-state index contributed by atoms with van der Waals surface area (Å²) in [6.45, 7) is 9.86. The summed E-state index contributed by atoms with van der Waals surface area (Å²) in [5.41, 5.74) is 0.488. The second kappa shape index (κ2) is 6.44. The molecule has 0 unspecified atom stereocenters. The van der Waals surface area contributed by atoms with E-state index in [2.05, 4.69) is 34.2 Å². The largest absolute Gasteiger partial charge is 0.338 e. The van der Waals surface area contributed by atoms with Crippen LogP contribution in [0.5, 0.6) is 0 Å². The molecule has 1 N–H and O–H groups in total. The Balaban J connectivity index is 1.56. The monoisotopic (exact) mass is 292 g/mol. The van der Waals surface area contributed by atoms with Gasteiger partial charge in [0.05, 0.1) is 6.54 Å². The van der Waals surface area contributed by atoms with Crippen LogP contribution in [0.25, 0.3) is 0 Å². The minimum Gasteiger partial charge on any atom is -0.338 e. The van der Waals surface area contributed by atoms with Crippen LogP contribution in [0.1, 0.15) is 63.6 Å². The second-order valence-electron chi connectivity index (χ2n) is 7.36. The quantitative estimate of drug-likeness (QED) is 0.928. The summed E-state index contributed by atoms with van der Waals surface area (Å²) in [5.74, 6) is 2.23. The van der Waals surface area contributed by atoms with Gasteiger partial charge in [-0.15, -0.1) is 0 Å². The predicted molar refractivity (Wildman–Crippen MR) is 82.1 cm³/mol. The highest BCUT2D eigenvalue weighted by Gasteiger charge is 2.30. The zero-order valence-electron chi connectivity index (χ0n) is 13.4. The Hall–Kier alpha value is -0.940. The summed E-state index contributed by atoms with van der Waals surface area (Å²) in [6, 6.07) is 0. The molecule has 0 radical (unpaired) electrons. The first-order valence-corrected chi connectivity index (χ1v) is 8.38. The number of nitrogens with one attached hydrogen (secondary N) is 1. The zero-order valence-corrected chi connectivity index (χ0v) is 13.4. The SMILES string of the molecule is CC1(C)CCC(c2noc(CN3CCCNCC3)n2)CC1. The van der Waals surface area contributed by atoms with E-state index in [0.29, 0.717) is 11.3 Å². The average Bonchev–Trinajstić information content (AvgIpc) is 2.75. The van der Waals surface area contributed by atoms with Crippen molar-refractivity contribution < 1.29 is 4.52 Å². The molecule has 2 heterocycles. The Morgan fingerprint density at radius 2 is 2.05 bits per heavy atom. The normalized spacial score (nSPS) is 24.9. The van der Waals surface area contributed by atoms with Crippen molar-refractivity contribution >= 4 is 0 Å². The van der Waals surface area contributed by atoms with Crippen molar-refractivity contribution in [2.24, 2.45) is 5.41 Å². The average molecular weight is 292 g/mol. The summed E-state index contributed by atoms with van der Waals surface area (Å²) in [6.07, 6.45) is 6.11. The highest BCUT2D eigenvalue weighted by atomic mass is 16.5. The van der Waals surface area contributed by atoms with Gasteiger partial charge in [-0.25, -0.2) is 0 Å². The first-order valence-electron chi connectivity index (χ1n) is 8.38. The number of nitrogens with zero attached hydrogens (tertiary/aromatic N) is 3. The molecule has 1 aromatic heterocycles. The highest BCUT2D eigenvalue weighted by Crippen LogP contribution is 2.41. The Kier molecular flexibility index (Phi) is 4.60. The van der Waals surface area contributed by atoms with Crippen molar-refractivity contribution in [3.8, 4) is 0 Å². The van der Waals surface area contributed by atoms with Crippen molar-refractivity contribution in [2.75, 3.05) is 26.2 Å². The van der Waals surface area contributed by atoms with Crippen LogP contribution in [0.4, 0.5) is 0 Å². The van der Waals surface area contributed by atoms with Gasteiger partial charge in [0, 0.05) is 19.0 Å². The fourth-order valence-electron chi connectivity index (χ4n) is 3.41. The van der Waals surface area contributed by atoms with Crippen molar-refractivity contribution in [2.45, 2.75) is 58.4 Å². The molecule has 0 aromatic carbocycles. The lowest BCUT2D eigenvalue weighted by atomic mass is 9.73. The summed E-state index contributed by atoms with van der Waals surface area (Å²) in [5, 5.41) is 7.67. The van der Waals surface area contributed by atoms with Crippen LogP contribution in [-0.4, -0.2) is 41.2 Å². The van der Waals surface area contributed by atoms with Crippen LogP contribution < -0.4 is 5.32 Å². The van der Waals surface area contributed by atoms with E-state index in [1.807, 2.05) is 0 Å². The van der Waals surface area contributed by atoms with E-state index in [1.165, 1.54) is 32.1 Å². The lowest BCUT2D eigenvalue weighted by Gasteiger charge is -2.32. The Morgan fingerprint density at radius 3 is 2.86 bits per heavy atom. The minimum atomic E-state index is 0.488. The van der Waals surface area contributed by atoms with Crippen LogP contribution in [0, 0.1) is 5.41 Å². The van der Waals surface area contributed by atoms with Gasteiger partial charge in [-0.2, -0.15) is 4.98 Å². The molecular formula is C16H28N4O. The third kappa shape index (κ3) is 4.04. The first kappa shape index (κ1) is 15.0. The van der Waals surface area contributed by atoms with Gasteiger partial charge in [0.15, 0.2) is 5.82 Å². The molecule has 21 heavy (non-hydrogen) atoms. The van der Waals surface area contributed by atoms with Gasteiger partial charge >= 0.3 is 0 Å². The molecule has 5 nitrogen and oxygen atoms in total. The van der Waals surface area contributed by atoms with Gasteiger partial charge in [0.25, 0.3) is 0 Å². The molecule has 2 aliphatic rings. The first-order chi connectivity index (χ1) is 10.1. The molecule has 1 aliphatic carbocycles. The maximum Gasteiger partial charge on any atom is 0.240 e. The predicted octanol–water partition coefficient (Wildman–Crippen LogP) is 2.55. The van der Waals surface area contributed by atoms with Crippen molar-refractivity contribution in [1.82, 2.24) is 20.4 Å². The Morgan fingerprint density at radius 1 is 1.24 bits per heavy atom. The standard InChI is InChI=1S/C16H28N4O/c1-16(2)6-4-13(5-7-16)15-18-14(21-19-15)12-20-10-3-8-17-9-11-20/h13,17H,3-12H2,1-2H3. The smallest absolute Gasteiger partial charge is 0.240 e. The third-order valence-corrected chi connectivity index (χ3v) is 4.98. The third-order valence-electron chi connectivity index (χ3n) is 4.98. The molecule has 1 aliphatic heterocycles. The van der Waals surface area contributed by atoms with Crippen LogP contribution in [-0.2, 0) is 6.54 Å². The molecule has 0 amide bonds. The van der Waals surface area contributed by atoms with E-state index in [0.717, 1.165) is 44.4 Å². The summed E-state index contributed by atoms with van der Waals surface area (Å²) in [7, 11) is 0. The molecule has 5 heteroatoms. The van der Waals surface area contributed by atoms with Gasteiger partial charge in [-0.05, 0) is 50.6 Å². The maximum atomic E-state index is 5.49. The minimum absolute atomic E-state index is 0.488. The highest BCUT2D eigenvalue weighted by molar-refractivity contribution is 4.99. The number of aromatic nitrogens is 2.